The van der Waals surface area contributed by atoms with Gasteiger partial charge in [0.05, 0.1) is 0 Å². The van der Waals surface area contributed by atoms with Crippen molar-refractivity contribution >= 4 is 31.3 Å². The minimum absolute atomic E-state index is 0.309. The minimum Gasteiger partial charge on any atom is -0.427 e. The van der Waals surface area contributed by atoms with Crippen LogP contribution in [0.2, 0.25) is 11.1 Å². The molecule has 2 rings (SSSR count). The monoisotopic (exact) mass is 353 g/mol. The van der Waals surface area contributed by atoms with Crippen molar-refractivity contribution in [1.82, 2.24) is 0 Å². The van der Waals surface area contributed by atoms with E-state index in [2.05, 4.69) is 93.3 Å². The fourth-order valence-electron chi connectivity index (χ4n) is 3.27. The van der Waals surface area contributed by atoms with Crippen molar-refractivity contribution < 1.29 is 4.80 Å². The molecule has 0 unspecified atom stereocenters. The third-order valence-corrected chi connectivity index (χ3v) is 9.79. The summed E-state index contributed by atoms with van der Waals surface area (Å²) in [5, 5.41) is 1.13. The first-order valence-electron chi connectivity index (χ1n) is 9.03. The molecule has 0 radical (unpaired) electrons. The van der Waals surface area contributed by atoms with Crippen LogP contribution in [0, 0.1) is 0 Å². The lowest BCUT2D eigenvalue weighted by Crippen LogP contribution is -2.53. The van der Waals surface area contributed by atoms with Crippen LogP contribution in [0.15, 0.2) is 48.5 Å². The number of rotatable bonds is 6. The van der Waals surface area contributed by atoms with Crippen molar-refractivity contribution in [2.45, 2.75) is 38.8 Å². The predicted octanol–water partition coefficient (Wildman–Crippen LogP) is 4.89. The molecule has 0 amide bonds. The van der Waals surface area contributed by atoms with Gasteiger partial charge >= 0.3 is 0 Å². The largest absolute Gasteiger partial charge is 0.427 e. The number of hydrogen-bond donors (Lipinski definition) is 1. The number of hydrogen-bond acceptors (Lipinski definition) is 2. The van der Waals surface area contributed by atoms with Crippen LogP contribution in [-0.4, -0.2) is 27.2 Å². The minimum atomic E-state index is -2.44. The Morgan fingerprint density at radius 1 is 0.760 bits per heavy atom. The second-order valence-corrected chi connectivity index (χ2v) is 12.1. The van der Waals surface area contributed by atoms with Crippen molar-refractivity contribution in [2.75, 3.05) is 19.0 Å². The Morgan fingerprint density at radius 3 is 1.52 bits per heavy atom. The van der Waals surface area contributed by atoms with Crippen molar-refractivity contribution in [3.05, 3.63) is 59.7 Å². The molecule has 2 aromatic rings. The Morgan fingerprint density at radius 2 is 1.16 bits per heavy atom. The molecule has 0 atom stereocenters. The normalized spacial score (nSPS) is 12.4. The highest BCUT2D eigenvalue weighted by Gasteiger charge is 2.40. The van der Waals surface area contributed by atoms with Gasteiger partial charge in [-0.2, -0.15) is 0 Å². The molecule has 0 aliphatic heterocycles. The van der Waals surface area contributed by atoms with Gasteiger partial charge in [0.25, 0.3) is 0 Å². The van der Waals surface area contributed by atoms with Crippen molar-refractivity contribution in [3.8, 4) is 0 Å². The third kappa shape index (κ3) is 4.41. The van der Waals surface area contributed by atoms with E-state index in [0.29, 0.717) is 11.1 Å². The van der Waals surface area contributed by atoms with Gasteiger partial charge in [0.2, 0.25) is 8.32 Å². The molecule has 134 valence electrons. The zero-order valence-corrected chi connectivity index (χ0v) is 17.3. The van der Waals surface area contributed by atoms with Crippen LogP contribution in [-0.2, 0) is 0 Å². The third-order valence-electron chi connectivity index (χ3n) is 5.01. The number of anilines is 1. The molecule has 0 aromatic heterocycles. The topological polar surface area (TPSA) is 23.5 Å². The highest BCUT2D eigenvalue weighted by atomic mass is 28.4. The molecule has 0 saturated heterocycles. The van der Waals surface area contributed by atoms with E-state index in [9.17, 15) is 4.80 Å². The number of benzene rings is 2. The first kappa shape index (κ1) is 19.5. The molecule has 0 aliphatic rings. The summed E-state index contributed by atoms with van der Waals surface area (Å²) in [5.74, 6) is 0. The lowest BCUT2D eigenvalue weighted by molar-refractivity contribution is 0.513. The lowest BCUT2D eigenvalue weighted by atomic mass is 10.1. The smallest absolute Gasteiger partial charge is 0.225 e. The summed E-state index contributed by atoms with van der Waals surface area (Å²) in [5.41, 5.74) is 4.16. The molecule has 0 fully saturated rings. The summed E-state index contributed by atoms with van der Waals surface area (Å²) in [7, 11) is 1.66. The Balaban J connectivity index is 2.17. The van der Waals surface area contributed by atoms with Crippen LogP contribution in [0.25, 0.3) is 12.2 Å². The van der Waals surface area contributed by atoms with Crippen molar-refractivity contribution in [1.29, 1.82) is 0 Å². The van der Waals surface area contributed by atoms with E-state index in [0.717, 1.165) is 10.8 Å². The van der Waals surface area contributed by atoms with Crippen molar-refractivity contribution in [2.24, 2.45) is 0 Å². The fourth-order valence-corrected chi connectivity index (χ4v) is 6.64. The summed E-state index contributed by atoms with van der Waals surface area (Å²) in [6, 6.07) is 17.0. The molecule has 0 spiro atoms. The van der Waals surface area contributed by atoms with Gasteiger partial charge in [-0.1, -0.05) is 76.2 Å². The Kier molecular flexibility index (Phi) is 6.25. The highest BCUT2D eigenvalue weighted by molar-refractivity contribution is 6.87. The Hall–Kier alpha value is -1.84. The fraction of sp³-hybridized carbons (Fsp3) is 0.364. The first-order chi connectivity index (χ1) is 11.7. The molecule has 3 heteroatoms. The maximum atomic E-state index is 11.2. The standard InChI is InChI=1S/C22H31NOSi/c1-17(2)25(24,18(3)4)22-15-11-20(12-16-22)8-7-19-9-13-21(14-10-19)23(5)6/h7-18,24H,1-6H3. The quantitative estimate of drug-likeness (QED) is 0.590. The molecule has 2 nitrogen and oxygen atoms in total. The molecule has 25 heavy (non-hydrogen) atoms. The maximum Gasteiger partial charge on any atom is 0.225 e. The molecule has 0 saturated carbocycles. The van der Waals surface area contributed by atoms with Gasteiger partial charge < -0.3 is 9.70 Å². The van der Waals surface area contributed by atoms with Gasteiger partial charge in [0, 0.05) is 19.8 Å². The Labute approximate surface area is 154 Å². The van der Waals surface area contributed by atoms with E-state index in [1.54, 1.807) is 0 Å². The van der Waals surface area contributed by atoms with E-state index in [1.807, 2.05) is 14.1 Å². The van der Waals surface area contributed by atoms with E-state index >= 15 is 0 Å². The van der Waals surface area contributed by atoms with E-state index in [-0.39, 0.29) is 0 Å². The van der Waals surface area contributed by atoms with Gasteiger partial charge in [0.1, 0.15) is 0 Å². The second kappa shape index (κ2) is 8.02. The van der Waals surface area contributed by atoms with Gasteiger partial charge in [-0.15, -0.1) is 0 Å². The molecule has 1 N–H and O–H groups in total. The molecule has 2 aromatic carbocycles. The van der Waals surface area contributed by atoms with Crippen LogP contribution in [0.1, 0.15) is 38.8 Å². The molecule has 0 bridgehead atoms. The Bertz CT molecular complexity index is 692. The van der Waals surface area contributed by atoms with Crippen LogP contribution in [0.4, 0.5) is 5.69 Å². The summed E-state index contributed by atoms with van der Waals surface area (Å²) >= 11 is 0. The van der Waals surface area contributed by atoms with E-state index < -0.39 is 8.32 Å². The molecule has 0 aliphatic carbocycles. The van der Waals surface area contributed by atoms with Crippen LogP contribution >= 0.6 is 0 Å². The van der Waals surface area contributed by atoms with Gasteiger partial charge in [-0.3, -0.25) is 0 Å². The molecular weight excluding hydrogens is 322 g/mol. The average Bonchev–Trinajstić information content (AvgIpc) is 2.59. The van der Waals surface area contributed by atoms with E-state index in [4.69, 9.17) is 0 Å². The lowest BCUT2D eigenvalue weighted by Gasteiger charge is -2.33. The van der Waals surface area contributed by atoms with E-state index in [1.165, 1.54) is 11.3 Å². The van der Waals surface area contributed by atoms with Crippen LogP contribution < -0.4 is 10.1 Å². The first-order valence-corrected chi connectivity index (χ1v) is 11.1. The zero-order valence-electron chi connectivity index (χ0n) is 16.3. The maximum absolute atomic E-state index is 11.2. The molecule has 0 heterocycles. The summed E-state index contributed by atoms with van der Waals surface area (Å²) in [6.45, 7) is 8.55. The summed E-state index contributed by atoms with van der Waals surface area (Å²) < 4.78 is 0. The SMILES string of the molecule is CC(C)[Si](O)(c1ccc(C=Cc2ccc(N(C)C)cc2)cc1)C(C)C. The average molecular weight is 354 g/mol. The number of nitrogens with zero attached hydrogens (tertiary/aromatic N) is 1. The van der Waals surface area contributed by atoms with Crippen LogP contribution in [0.5, 0.6) is 0 Å². The zero-order chi connectivity index (χ0) is 18.6. The summed E-state index contributed by atoms with van der Waals surface area (Å²) in [6.07, 6.45) is 4.25. The predicted molar refractivity (Wildman–Crippen MR) is 114 cm³/mol. The van der Waals surface area contributed by atoms with Crippen LogP contribution in [0.3, 0.4) is 0 Å². The van der Waals surface area contributed by atoms with Crippen molar-refractivity contribution in [3.63, 3.8) is 0 Å². The second-order valence-electron chi connectivity index (χ2n) is 7.58. The summed E-state index contributed by atoms with van der Waals surface area (Å²) in [4.78, 5) is 13.3. The molecular formula is C22H31NOSi. The highest BCUT2D eigenvalue weighted by Crippen LogP contribution is 2.29. The van der Waals surface area contributed by atoms with Gasteiger partial charge in [0.15, 0.2) is 0 Å². The van der Waals surface area contributed by atoms with Gasteiger partial charge in [-0.05, 0) is 39.5 Å². The van der Waals surface area contributed by atoms with Gasteiger partial charge in [-0.25, -0.2) is 0 Å².